The third-order valence-electron chi connectivity index (χ3n) is 1.21. The smallest absolute Gasteiger partial charge is 0.304 e. The van der Waals surface area contributed by atoms with E-state index in [-0.39, 0.29) is 26.4 Å². The minimum Gasteiger partial charge on any atom is -0.396 e. The number of aliphatic hydroxyl groups excluding tert-OH is 4. The van der Waals surface area contributed by atoms with E-state index >= 15 is 0 Å². The maximum atomic E-state index is 8.81. The predicted octanol–water partition coefficient (Wildman–Crippen LogP) is -3.28. The topological polar surface area (TPSA) is 99.4 Å². The second-order valence-electron chi connectivity index (χ2n) is 2.53. The summed E-state index contributed by atoms with van der Waals surface area (Å²) in [7, 11) is -1.24. The summed E-state index contributed by atoms with van der Waals surface area (Å²) in [6.45, 7) is -0.600. The van der Waals surface area contributed by atoms with Crippen LogP contribution in [0.1, 0.15) is 0 Å². The maximum absolute atomic E-state index is 8.81. The summed E-state index contributed by atoms with van der Waals surface area (Å²) in [6.07, 6.45) is -1.75. The molecule has 0 rings (SSSR count). The quantitative estimate of drug-likeness (QED) is 0.249. The Balaban J connectivity index is 3.08. The second-order valence-corrected chi connectivity index (χ2v) is 3.58. The van der Waals surface area contributed by atoms with Crippen molar-refractivity contribution in [3.05, 3.63) is 0 Å². The van der Waals surface area contributed by atoms with Crippen molar-refractivity contribution in [3.8, 4) is 0 Å². The summed E-state index contributed by atoms with van der Waals surface area (Å²) < 4.78 is 9.79. The van der Waals surface area contributed by atoms with Gasteiger partial charge < -0.3 is 29.3 Å². The van der Waals surface area contributed by atoms with Gasteiger partial charge in [-0.25, -0.2) is 0 Å². The zero-order valence-corrected chi connectivity index (χ0v) is 8.71. The summed E-state index contributed by atoms with van der Waals surface area (Å²) in [5.41, 5.74) is 0. The van der Waals surface area contributed by atoms with Crippen LogP contribution in [0.2, 0.25) is 0 Å². The van der Waals surface area contributed by atoms with Gasteiger partial charge in [0.15, 0.2) is 0 Å². The molecule has 0 aliphatic carbocycles. The molecule has 6 nitrogen and oxygen atoms in total. The largest absolute Gasteiger partial charge is 0.396 e. The number of rotatable bonds is 8. The van der Waals surface area contributed by atoms with E-state index in [0.717, 1.165) is 0 Å². The van der Waals surface area contributed by atoms with Gasteiger partial charge in [-0.2, -0.15) is 0 Å². The third-order valence-corrected chi connectivity index (χ3v) is 2.01. The summed E-state index contributed by atoms with van der Waals surface area (Å²) in [6, 6.07) is 0. The van der Waals surface area contributed by atoms with Gasteiger partial charge in [0.1, 0.15) is 0 Å². The molecular weight excluding hydrogens is 196 g/mol. The molecule has 0 fully saturated rings. The number of aliphatic hydroxyl groups is 4. The first-order valence-electron chi connectivity index (χ1n) is 3.94. The molecule has 2 unspecified atom stereocenters. The van der Waals surface area contributed by atoms with Gasteiger partial charge >= 0.3 is 10.0 Å². The first-order chi connectivity index (χ1) is 6.20. The maximum Gasteiger partial charge on any atom is 0.304 e. The van der Waals surface area contributed by atoms with E-state index in [1.807, 2.05) is 0 Å². The molecule has 0 saturated carbocycles. The number of hydrogen-bond acceptors (Lipinski definition) is 6. The molecule has 0 aromatic heterocycles. The average Bonchev–Trinajstić information content (AvgIpc) is 2.16. The van der Waals surface area contributed by atoms with Gasteiger partial charge in [0, 0.05) is 0 Å². The summed E-state index contributed by atoms with van der Waals surface area (Å²) in [5, 5.41) is 34.4. The lowest BCUT2D eigenvalue weighted by Crippen LogP contribution is -2.25. The van der Waals surface area contributed by atoms with E-state index in [1.165, 1.54) is 0 Å². The van der Waals surface area contributed by atoms with E-state index in [1.54, 1.807) is 0 Å². The highest BCUT2D eigenvalue weighted by molar-refractivity contribution is 6.17. The Kier molecular flexibility index (Phi) is 8.55. The monoisotopic (exact) mass is 212 g/mol. The zero-order valence-electron chi connectivity index (χ0n) is 7.30. The van der Waals surface area contributed by atoms with Crippen LogP contribution in [0.4, 0.5) is 0 Å². The van der Waals surface area contributed by atoms with Gasteiger partial charge in [-0.1, -0.05) is 0 Å². The van der Waals surface area contributed by atoms with Gasteiger partial charge in [0.2, 0.25) is 0 Å². The van der Waals surface area contributed by atoms with Gasteiger partial charge in [0.05, 0.1) is 38.6 Å². The molecule has 4 N–H and O–H groups in total. The van der Waals surface area contributed by atoms with Crippen LogP contribution in [0.3, 0.4) is 0 Å². The first kappa shape index (κ1) is 13.0. The van der Waals surface area contributed by atoms with Crippen LogP contribution in [-0.2, 0) is 8.85 Å². The van der Waals surface area contributed by atoms with Crippen molar-refractivity contribution in [2.45, 2.75) is 12.2 Å². The molecule has 0 bridgehead atoms. The minimum atomic E-state index is -1.24. The molecule has 0 radical (unpaired) electrons. The zero-order chi connectivity index (χ0) is 10.1. The van der Waals surface area contributed by atoms with Gasteiger partial charge in [0.25, 0.3) is 0 Å². The summed E-state index contributed by atoms with van der Waals surface area (Å²) >= 11 is 0. The third kappa shape index (κ3) is 8.31. The minimum absolute atomic E-state index is 0.0396. The van der Waals surface area contributed by atoms with Gasteiger partial charge in [-0.05, 0) is 0 Å². The van der Waals surface area contributed by atoms with Crippen LogP contribution in [0.25, 0.3) is 0 Å². The molecule has 0 aliphatic heterocycles. The van der Waals surface area contributed by atoms with E-state index in [4.69, 9.17) is 29.3 Å². The van der Waals surface area contributed by atoms with E-state index in [9.17, 15) is 0 Å². The molecule has 13 heavy (non-hydrogen) atoms. The molecule has 0 spiro atoms. The van der Waals surface area contributed by atoms with Gasteiger partial charge in [-0.15, -0.1) is 0 Å². The van der Waals surface area contributed by atoms with Crippen LogP contribution in [0.5, 0.6) is 0 Å². The average molecular weight is 212 g/mol. The lowest BCUT2D eigenvalue weighted by molar-refractivity contribution is 0.0292. The summed E-state index contributed by atoms with van der Waals surface area (Å²) in [4.78, 5) is 0. The second kappa shape index (κ2) is 8.57. The molecule has 0 aromatic carbocycles. The Hall–Kier alpha value is -0.0231. The van der Waals surface area contributed by atoms with E-state index < -0.39 is 22.2 Å². The fourth-order valence-electron chi connectivity index (χ4n) is 0.533. The number of hydrogen-bond donors (Lipinski definition) is 4. The Bertz CT molecular complexity index is 101. The molecule has 0 aliphatic rings. The predicted molar refractivity (Wildman–Crippen MR) is 46.6 cm³/mol. The lowest BCUT2D eigenvalue weighted by Gasteiger charge is -2.10. The van der Waals surface area contributed by atoms with Crippen molar-refractivity contribution in [2.75, 3.05) is 26.4 Å². The molecule has 2 atom stereocenters. The highest BCUT2D eigenvalue weighted by atomic mass is 28.3. The normalized spacial score (nSPS) is 16.6. The summed E-state index contributed by atoms with van der Waals surface area (Å²) in [5.74, 6) is 0. The SMILES string of the molecule is OCC(O)CO[SiH2]OCC(O)CO. The van der Waals surface area contributed by atoms with Crippen LogP contribution < -0.4 is 0 Å². The Morgan fingerprint density at radius 3 is 1.62 bits per heavy atom. The standard InChI is InChI=1S/C6H16O6Si/c7-1-5(9)3-11-13-12-4-6(10)2-8/h5-10H,1-4,13H2. The van der Waals surface area contributed by atoms with Crippen LogP contribution in [0.15, 0.2) is 0 Å². The fourth-order valence-corrected chi connectivity index (χ4v) is 1.39. The van der Waals surface area contributed by atoms with Gasteiger partial charge in [-0.3, -0.25) is 0 Å². The molecule has 0 heterocycles. The highest BCUT2D eigenvalue weighted by Gasteiger charge is 2.03. The van der Waals surface area contributed by atoms with E-state index in [0.29, 0.717) is 0 Å². The Morgan fingerprint density at radius 2 is 1.31 bits per heavy atom. The van der Waals surface area contributed by atoms with Crippen LogP contribution >= 0.6 is 0 Å². The van der Waals surface area contributed by atoms with Crippen molar-refractivity contribution < 1.29 is 29.3 Å². The fraction of sp³-hybridized carbons (Fsp3) is 1.00. The molecular formula is C6H16O6Si. The van der Waals surface area contributed by atoms with Crippen molar-refractivity contribution in [3.63, 3.8) is 0 Å². The highest BCUT2D eigenvalue weighted by Crippen LogP contribution is 1.85. The van der Waals surface area contributed by atoms with Crippen molar-refractivity contribution in [1.29, 1.82) is 0 Å². The molecule has 0 aromatic rings. The molecule has 0 saturated heterocycles. The lowest BCUT2D eigenvalue weighted by atomic mass is 10.4. The molecule has 0 amide bonds. The van der Waals surface area contributed by atoms with E-state index in [2.05, 4.69) is 0 Å². The van der Waals surface area contributed by atoms with Crippen molar-refractivity contribution in [1.82, 2.24) is 0 Å². The molecule has 80 valence electrons. The van der Waals surface area contributed by atoms with Crippen LogP contribution in [0, 0.1) is 0 Å². The van der Waals surface area contributed by atoms with Crippen molar-refractivity contribution in [2.24, 2.45) is 0 Å². The molecule has 7 heteroatoms. The van der Waals surface area contributed by atoms with Crippen molar-refractivity contribution >= 4 is 10.0 Å². The Labute approximate surface area is 78.8 Å². The Morgan fingerprint density at radius 1 is 0.923 bits per heavy atom. The van der Waals surface area contributed by atoms with Crippen LogP contribution in [-0.4, -0.2) is 69.1 Å². The first-order valence-corrected chi connectivity index (χ1v) is 5.09.